The van der Waals surface area contributed by atoms with E-state index in [0.717, 1.165) is 32.5 Å². The van der Waals surface area contributed by atoms with E-state index in [1.807, 2.05) is 0 Å². The van der Waals surface area contributed by atoms with Gasteiger partial charge in [-0.15, -0.1) is 0 Å². The number of aryl methyl sites for hydroxylation is 1. The summed E-state index contributed by atoms with van der Waals surface area (Å²) in [5.41, 5.74) is 0.137. The first-order valence-electron chi connectivity index (χ1n) is 10.1. The number of methoxy groups -OCH3 is 1. The molecule has 1 spiro atoms. The summed E-state index contributed by atoms with van der Waals surface area (Å²) in [5, 5.41) is 10.6. The number of benzene rings is 1. The van der Waals surface area contributed by atoms with E-state index in [2.05, 4.69) is 0 Å². The van der Waals surface area contributed by atoms with Gasteiger partial charge in [-0.2, -0.15) is 0 Å². The first kappa shape index (κ1) is 20.4. The van der Waals surface area contributed by atoms with Crippen molar-refractivity contribution >= 4 is 23.2 Å². The molecule has 8 heteroatoms. The first-order valence-corrected chi connectivity index (χ1v) is 10.1. The Balaban J connectivity index is 1.63. The number of phenolic OH excluding ortho intramolecular Hbond substituents is 1. The smallest absolute Gasteiger partial charge is 0.340 e. The Morgan fingerprint density at radius 1 is 1.33 bits per heavy atom. The highest BCUT2D eigenvalue weighted by Gasteiger charge is 2.39. The molecule has 1 aromatic heterocycles. The van der Waals surface area contributed by atoms with Crippen molar-refractivity contribution in [1.82, 2.24) is 4.90 Å². The predicted octanol–water partition coefficient (Wildman–Crippen LogP) is 2.20. The summed E-state index contributed by atoms with van der Waals surface area (Å²) < 4.78 is 16.0. The van der Waals surface area contributed by atoms with Crippen LogP contribution in [-0.2, 0) is 16.0 Å². The minimum atomic E-state index is -0.682. The minimum Gasteiger partial charge on any atom is -0.504 e. The van der Waals surface area contributed by atoms with Gasteiger partial charge in [0, 0.05) is 25.1 Å². The molecule has 0 radical (unpaired) electrons. The molecule has 1 aromatic carbocycles. The number of phenols is 1. The number of fused-ring (bicyclic) bond motifs is 1. The number of ether oxygens (including phenoxy) is 2. The Morgan fingerprint density at radius 2 is 2.07 bits per heavy atom. The maximum atomic E-state index is 12.9. The molecule has 4 rings (SSSR count). The van der Waals surface area contributed by atoms with Gasteiger partial charge in [0.1, 0.15) is 5.56 Å². The van der Waals surface area contributed by atoms with Crippen LogP contribution in [0.4, 0.5) is 0 Å². The van der Waals surface area contributed by atoms with Crippen LogP contribution in [0.5, 0.6) is 11.5 Å². The van der Waals surface area contributed by atoms with E-state index in [-0.39, 0.29) is 46.0 Å². The van der Waals surface area contributed by atoms with Gasteiger partial charge in [-0.1, -0.05) is 0 Å². The monoisotopic (exact) mass is 415 g/mol. The fourth-order valence-electron chi connectivity index (χ4n) is 4.52. The molecule has 0 bridgehead atoms. The molecule has 0 atom stereocenters. The molecule has 1 N–H and O–H groups in total. The van der Waals surface area contributed by atoms with Gasteiger partial charge in [-0.25, -0.2) is 4.79 Å². The molecule has 0 unspecified atom stereocenters. The third kappa shape index (κ3) is 3.35. The summed E-state index contributed by atoms with van der Waals surface area (Å²) in [6.07, 6.45) is 3.19. The second-order valence-electron chi connectivity index (χ2n) is 8.19. The van der Waals surface area contributed by atoms with Gasteiger partial charge in [0.15, 0.2) is 23.4 Å². The molecular weight excluding hydrogens is 390 g/mol. The normalized spacial score (nSPS) is 18.1. The van der Waals surface area contributed by atoms with Crippen molar-refractivity contribution < 1.29 is 28.6 Å². The number of rotatable bonds is 4. The third-order valence-corrected chi connectivity index (χ3v) is 6.58. The second kappa shape index (κ2) is 7.75. The van der Waals surface area contributed by atoms with Gasteiger partial charge in [-0.05, 0) is 43.2 Å². The molecule has 0 saturated carbocycles. The summed E-state index contributed by atoms with van der Waals surface area (Å²) >= 11 is 0. The van der Waals surface area contributed by atoms with E-state index in [9.17, 15) is 19.5 Å². The molecule has 30 heavy (non-hydrogen) atoms. The predicted molar refractivity (Wildman–Crippen MR) is 108 cm³/mol. The zero-order valence-electron chi connectivity index (χ0n) is 17.2. The summed E-state index contributed by atoms with van der Waals surface area (Å²) in [6.45, 7) is 4.55. The van der Waals surface area contributed by atoms with E-state index in [1.54, 1.807) is 11.8 Å². The molecule has 2 aromatic rings. The van der Waals surface area contributed by atoms with Crippen molar-refractivity contribution in [1.29, 1.82) is 0 Å². The van der Waals surface area contributed by atoms with Crippen molar-refractivity contribution in [2.45, 2.75) is 32.6 Å². The van der Waals surface area contributed by atoms with Gasteiger partial charge in [0.2, 0.25) is 5.91 Å². The molecule has 1 amide bonds. The maximum absolute atomic E-state index is 12.9. The maximum Gasteiger partial charge on any atom is 0.340 e. The lowest BCUT2D eigenvalue weighted by Crippen LogP contribution is -2.44. The molecule has 0 aliphatic carbocycles. The number of hydrogen-bond donors (Lipinski definition) is 1. The van der Waals surface area contributed by atoms with Gasteiger partial charge in [0.25, 0.3) is 0 Å². The lowest BCUT2D eigenvalue weighted by atomic mass is 9.78. The number of amides is 1. The summed E-state index contributed by atoms with van der Waals surface area (Å²) in [5.74, 6) is -0.414. The number of aldehydes is 1. The molecule has 2 saturated heterocycles. The molecule has 2 aliphatic rings. The van der Waals surface area contributed by atoms with Gasteiger partial charge in [-0.3, -0.25) is 9.59 Å². The Labute approximate surface area is 173 Å². The van der Waals surface area contributed by atoms with E-state index in [4.69, 9.17) is 13.9 Å². The number of piperidine rings is 1. The number of aromatic hydroxyl groups is 1. The molecule has 2 fully saturated rings. The average molecular weight is 415 g/mol. The number of likely N-dealkylation sites (tertiary alicyclic amines) is 1. The quantitative estimate of drug-likeness (QED) is 0.603. The van der Waals surface area contributed by atoms with Crippen LogP contribution in [0.3, 0.4) is 0 Å². The SMILES string of the molecule is COc1cc2c(C)c(CC(=O)N3CCC4(CCOC4)CC3)c(=O)oc2c(C=O)c1O. The van der Waals surface area contributed by atoms with Crippen LogP contribution in [0, 0.1) is 12.3 Å². The van der Waals surface area contributed by atoms with Gasteiger partial charge < -0.3 is 23.9 Å². The second-order valence-corrected chi connectivity index (χ2v) is 8.19. The third-order valence-electron chi connectivity index (χ3n) is 6.58. The van der Waals surface area contributed by atoms with Crippen LogP contribution in [0.15, 0.2) is 15.3 Å². The van der Waals surface area contributed by atoms with Gasteiger partial charge >= 0.3 is 5.63 Å². The van der Waals surface area contributed by atoms with E-state index >= 15 is 0 Å². The van der Waals surface area contributed by atoms with E-state index in [0.29, 0.717) is 30.3 Å². The van der Waals surface area contributed by atoms with Gasteiger partial charge in [0.05, 0.1) is 25.7 Å². The summed E-state index contributed by atoms with van der Waals surface area (Å²) in [7, 11) is 1.37. The van der Waals surface area contributed by atoms with Crippen molar-refractivity contribution in [2.24, 2.45) is 5.41 Å². The highest BCUT2D eigenvalue weighted by atomic mass is 16.5. The Bertz CT molecular complexity index is 1060. The Kier molecular flexibility index (Phi) is 5.27. The lowest BCUT2D eigenvalue weighted by Gasteiger charge is -2.38. The standard InChI is InChI=1S/C22H25NO7/c1-13-14-9-17(28-2)19(26)16(11-24)20(14)30-21(27)15(13)10-18(25)23-6-3-22(4-7-23)5-8-29-12-22/h9,11,26H,3-8,10,12H2,1-2H3. The van der Waals surface area contributed by atoms with Crippen LogP contribution in [0.25, 0.3) is 11.0 Å². The van der Waals surface area contributed by atoms with Crippen LogP contribution >= 0.6 is 0 Å². The van der Waals surface area contributed by atoms with Crippen molar-refractivity contribution in [3.8, 4) is 11.5 Å². The topological polar surface area (TPSA) is 106 Å². The molecule has 2 aliphatic heterocycles. The van der Waals surface area contributed by atoms with Crippen LogP contribution in [0.1, 0.15) is 40.7 Å². The minimum absolute atomic E-state index is 0.0110. The molecular formula is C22H25NO7. The number of carbonyl (C=O) groups is 2. The van der Waals surface area contributed by atoms with E-state index in [1.165, 1.54) is 13.2 Å². The lowest BCUT2D eigenvalue weighted by molar-refractivity contribution is -0.132. The Hall–Kier alpha value is -2.87. The van der Waals surface area contributed by atoms with Crippen molar-refractivity contribution in [3.05, 3.63) is 33.2 Å². The molecule has 3 heterocycles. The zero-order chi connectivity index (χ0) is 21.5. The zero-order valence-corrected chi connectivity index (χ0v) is 17.2. The Morgan fingerprint density at radius 3 is 2.67 bits per heavy atom. The van der Waals surface area contributed by atoms with Crippen molar-refractivity contribution in [2.75, 3.05) is 33.4 Å². The molecule has 8 nitrogen and oxygen atoms in total. The average Bonchev–Trinajstić information content (AvgIpc) is 3.19. The highest BCUT2D eigenvalue weighted by Crippen LogP contribution is 2.39. The van der Waals surface area contributed by atoms with Crippen LogP contribution in [0.2, 0.25) is 0 Å². The fourth-order valence-corrected chi connectivity index (χ4v) is 4.52. The highest BCUT2D eigenvalue weighted by molar-refractivity contribution is 6.00. The molecule has 160 valence electrons. The largest absolute Gasteiger partial charge is 0.504 e. The van der Waals surface area contributed by atoms with Crippen LogP contribution < -0.4 is 10.4 Å². The first-order chi connectivity index (χ1) is 14.4. The fraction of sp³-hybridized carbons (Fsp3) is 0.500. The number of carbonyl (C=O) groups excluding carboxylic acids is 2. The summed E-state index contributed by atoms with van der Waals surface area (Å²) in [4.78, 5) is 38.8. The van der Waals surface area contributed by atoms with Crippen molar-refractivity contribution in [3.63, 3.8) is 0 Å². The van der Waals surface area contributed by atoms with E-state index < -0.39 is 5.63 Å². The summed E-state index contributed by atoms with van der Waals surface area (Å²) in [6, 6.07) is 1.51. The number of hydrogen-bond acceptors (Lipinski definition) is 7. The van der Waals surface area contributed by atoms with Crippen LogP contribution in [-0.4, -0.2) is 55.6 Å². The number of nitrogens with zero attached hydrogens (tertiary/aromatic N) is 1.